The first-order chi connectivity index (χ1) is 10.0. The van der Waals surface area contributed by atoms with Crippen molar-refractivity contribution < 1.29 is 19.1 Å². The Kier molecular flexibility index (Phi) is 7.08. The molecule has 2 atom stereocenters. The lowest BCUT2D eigenvalue weighted by atomic mass is 9.95. The van der Waals surface area contributed by atoms with E-state index in [9.17, 15) is 9.59 Å². The molecule has 0 aliphatic heterocycles. The average Bonchev–Trinajstić information content (AvgIpc) is 2.36. The summed E-state index contributed by atoms with van der Waals surface area (Å²) in [6.45, 7) is 4.43. The Balaban J connectivity index is 3.13. The van der Waals surface area contributed by atoms with Gasteiger partial charge >= 0.3 is 11.9 Å². The molecule has 0 unspecified atom stereocenters. The van der Waals surface area contributed by atoms with Gasteiger partial charge in [-0.2, -0.15) is 0 Å². The number of carbonyl (C=O) groups excluding carboxylic acids is 2. The second-order valence-electron chi connectivity index (χ2n) is 5.04. The number of alkyl halides is 3. The average molecular weight is 501 g/mol. The van der Waals surface area contributed by atoms with Crippen LogP contribution >= 0.6 is 47.8 Å². The van der Waals surface area contributed by atoms with Gasteiger partial charge in [-0.15, -0.1) is 0 Å². The zero-order valence-electron chi connectivity index (χ0n) is 12.4. The molecule has 0 saturated carbocycles. The van der Waals surface area contributed by atoms with Crippen LogP contribution in [-0.2, 0) is 19.1 Å². The summed E-state index contributed by atoms with van der Waals surface area (Å²) in [5, 5.41) is 0. The van der Waals surface area contributed by atoms with Gasteiger partial charge < -0.3 is 9.47 Å². The lowest BCUT2D eigenvalue weighted by Gasteiger charge is -2.38. The molecule has 0 N–H and O–H groups in total. The van der Waals surface area contributed by atoms with Gasteiger partial charge in [0.2, 0.25) is 0 Å². The molecule has 0 radical (unpaired) electrons. The highest BCUT2D eigenvalue weighted by molar-refractivity contribution is 9.39. The number of halogens is 3. The number of benzene rings is 1. The molecule has 1 aromatic rings. The summed E-state index contributed by atoms with van der Waals surface area (Å²) < 4.78 is 10.0. The molecule has 122 valence electrons. The minimum absolute atomic E-state index is 0.262. The van der Waals surface area contributed by atoms with Gasteiger partial charge in [0.15, 0.2) is 2.14 Å². The Morgan fingerprint density at radius 3 is 2.05 bits per heavy atom. The predicted octanol–water partition coefficient (Wildman–Crippen LogP) is 4.84. The van der Waals surface area contributed by atoms with Crippen molar-refractivity contribution in [2.45, 2.75) is 41.0 Å². The number of ether oxygens (including phenoxy) is 2. The summed E-state index contributed by atoms with van der Waals surface area (Å²) in [6.07, 6.45) is -0.284. The van der Waals surface area contributed by atoms with E-state index < -0.39 is 25.8 Å². The number of carbonyl (C=O) groups is 2. The maximum absolute atomic E-state index is 11.5. The SMILES string of the molecule is CC(=O)O[C@@H](C[C@@](C)(OC(C)=O)C(Br)(Br)Br)c1ccccc1. The smallest absolute Gasteiger partial charge is 0.303 e. The molecule has 0 heterocycles. The molecule has 0 aliphatic carbocycles. The first-order valence-electron chi connectivity index (χ1n) is 6.53. The van der Waals surface area contributed by atoms with E-state index in [0.717, 1.165) is 5.56 Å². The van der Waals surface area contributed by atoms with E-state index in [-0.39, 0.29) is 6.42 Å². The minimum Gasteiger partial charge on any atom is -0.458 e. The number of hydrogen-bond acceptors (Lipinski definition) is 4. The zero-order chi connectivity index (χ0) is 17.0. The van der Waals surface area contributed by atoms with Crippen molar-refractivity contribution in [2.24, 2.45) is 0 Å². The lowest BCUT2D eigenvalue weighted by Crippen LogP contribution is -2.44. The lowest BCUT2D eigenvalue weighted by molar-refractivity contribution is -0.161. The minimum atomic E-state index is -1.01. The van der Waals surface area contributed by atoms with Crippen LogP contribution in [0.2, 0.25) is 0 Å². The molecule has 22 heavy (non-hydrogen) atoms. The van der Waals surface area contributed by atoms with Gasteiger partial charge in [-0.25, -0.2) is 0 Å². The maximum atomic E-state index is 11.5. The molecule has 1 rings (SSSR count). The van der Waals surface area contributed by atoms with Crippen LogP contribution in [0.3, 0.4) is 0 Å². The second kappa shape index (κ2) is 7.93. The van der Waals surface area contributed by atoms with Crippen LogP contribution in [0.5, 0.6) is 0 Å². The maximum Gasteiger partial charge on any atom is 0.303 e. The predicted molar refractivity (Wildman–Crippen MR) is 95.2 cm³/mol. The summed E-state index contributed by atoms with van der Waals surface area (Å²) in [7, 11) is 0. The van der Waals surface area contributed by atoms with Crippen LogP contribution in [0.15, 0.2) is 30.3 Å². The van der Waals surface area contributed by atoms with Crippen molar-refractivity contribution in [1.82, 2.24) is 0 Å². The van der Waals surface area contributed by atoms with Crippen LogP contribution in [0.4, 0.5) is 0 Å². The molecule has 1 aromatic carbocycles. The summed E-state index contributed by atoms with van der Waals surface area (Å²) in [5.74, 6) is -0.830. The van der Waals surface area contributed by atoms with Crippen molar-refractivity contribution in [3.05, 3.63) is 35.9 Å². The van der Waals surface area contributed by atoms with Crippen molar-refractivity contribution in [3.63, 3.8) is 0 Å². The molecule has 0 aliphatic rings. The van der Waals surface area contributed by atoms with E-state index in [2.05, 4.69) is 47.8 Å². The first-order valence-corrected chi connectivity index (χ1v) is 8.91. The normalized spacial score (nSPS) is 15.5. The molecule has 0 amide bonds. The Hall–Kier alpha value is -0.400. The van der Waals surface area contributed by atoms with Crippen molar-refractivity contribution in [3.8, 4) is 0 Å². The number of hydrogen-bond donors (Lipinski definition) is 0. The highest BCUT2D eigenvalue weighted by Gasteiger charge is 2.48. The standard InChI is InChI=1S/C15H17Br3O4/c1-10(19)21-13(12-7-5-4-6-8-12)9-14(3,15(16,17)18)22-11(2)20/h4-8,13H,9H2,1-3H3/t13-,14+/m0/s1. The largest absolute Gasteiger partial charge is 0.458 e. The van der Waals surface area contributed by atoms with Crippen LogP contribution in [0.25, 0.3) is 0 Å². The van der Waals surface area contributed by atoms with E-state index in [1.807, 2.05) is 30.3 Å². The van der Waals surface area contributed by atoms with Gasteiger partial charge in [0.05, 0.1) is 0 Å². The van der Waals surface area contributed by atoms with Gasteiger partial charge in [0.25, 0.3) is 0 Å². The molecule has 0 bridgehead atoms. The highest BCUT2D eigenvalue weighted by atomic mass is 80.0. The van der Waals surface area contributed by atoms with Gasteiger partial charge in [-0.05, 0) is 12.5 Å². The molecule has 4 nitrogen and oxygen atoms in total. The van der Waals surface area contributed by atoms with E-state index in [4.69, 9.17) is 9.47 Å². The summed E-state index contributed by atoms with van der Waals surface area (Å²) in [4.78, 5) is 22.9. The summed E-state index contributed by atoms with van der Waals surface area (Å²) in [5.41, 5.74) is -0.178. The molecule has 0 aromatic heterocycles. The van der Waals surface area contributed by atoms with Crippen LogP contribution < -0.4 is 0 Å². The van der Waals surface area contributed by atoms with Crippen LogP contribution in [0, 0.1) is 0 Å². The van der Waals surface area contributed by atoms with Crippen molar-refractivity contribution in [2.75, 3.05) is 0 Å². The van der Waals surface area contributed by atoms with Crippen molar-refractivity contribution in [1.29, 1.82) is 0 Å². The topological polar surface area (TPSA) is 52.6 Å². The third-order valence-corrected chi connectivity index (χ3v) is 5.54. The number of esters is 2. The fourth-order valence-corrected chi connectivity index (χ4v) is 2.71. The summed E-state index contributed by atoms with van der Waals surface area (Å²) in [6, 6.07) is 9.32. The van der Waals surface area contributed by atoms with Gasteiger partial charge in [-0.1, -0.05) is 78.1 Å². The van der Waals surface area contributed by atoms with Crippen LogP contribution in [0.1, 0.15) is 38.9 Å². The Morgan fingerprint density at radius 1 is 1.09 bits per heavy atom. The fraction of sp³-hybridized carbons (Fsp3) is 0.467. The van der Waals surface area contributed by atoms with Crippen molar-refractivity contribution >= 4 is 59.7 Å². The molecule has 0 fully saturated rings. The third-order valence-electron chi connectivity index (χ3n) is 3.02. The highest BCUT2D eigenvalue weighted by Crippen LogP contribution is 2.50. The van der Waals surface area contributed by atoms with E-state index in [1.54, 1.807) is 6.92 Å². The third kappa shape index (κ3) is 5.66. The fourth-order valence-electron chi connectivity index (χ4n) is 1.98. The zero-order valence-corrected chi connectivity index (χ0v) is 17.2. The summed E-state index contributed by atoms with van der Waals surface area (Å²) >= 11 is 10.2. The Morgan fingerprint density at radius 2 is 1.64 bits per heavy atom. The van der Waals surface area contributed by atoms with E-state index in [0.29, 0.717) is 0 Å². The Bertz CT molecular complexity index is 527. The van der Waals surface area contributed by atoms with Crippen LogP contribution in [-0.4, -0.2) is 19.7 Å². The first kappa shape index (κ1) is 19.6. The molecular formula is C15H17Br3O4. The van der Waals surface area contributed by atoms with Gasteiger partial charge in [-0.3, -0.25) is 9.59 Å². The van der Waals surface area contributed by atoms with Gasteiger partial charge in [0.1, 0.15) is 11.7 Å². The number of rotatable bonds is 5. The van der Waals surface area contributed by atoms with E-state index >= 15 is 0 Å². The quantitative estimate of drug-likeness (QED) is 0.429. The van der Waals surface area contributed by atoms with Gasteiger partial charge in [0, 0.05) is 20.3 Å². The molecular weight excluding hydrogens is 484 g/mol. The second-order valence-corrected chi connectivity index (χ2v) is 11.8. The molecule has 7 heteroatoms. The molecule has 0 saturated heterocycles. The monoisotopic (exact) mass is 498 g/mol. The Labute approximate surface area is 155 Å². The van der Waals surface area contributed by atoms with E-state index in [1.165, 1.54) is 13.8 Å². The molecule has 0 spiro atoms.